The fourth-order valence-electron chi connectivity index (χ4n) is 4.26. The maximum absolute atomic E-state index is 11.9. The topological polar surface area (TPSA) is 85.8 Å². The molecule has 1 saturated heterocycles. The van der Waals surface area contributed by atoms with E-state index in [0.717, 1.165) is 13.1 Å². The molecular weight excluding hydrogens is 416 g/mol. The minimum Gasteiger partial charge on any atom is -0.478 e. The number of carbonyl (C=O) groups excluding carboxylic acids is 1. The van der Waals surface area contributed by atoms with Crippen LogP contribution in [0.1, 0.15) is 40.9 Å². The first-order chi connectivity index (χ1) is 16.1. The van der Waals surface area contributed by atoms with Gasteiger partial charge in [0.05, 0.1) is 17.9 Å². The first kappa shape index (κ1) is 22.5. The van der Waals surface area contributed by atoms with E-state index in [1.807, 2.05) is 17.0 Å². The zero-order chi connectivity index (χ0) is 23.2. The first-order valence-electron chi connectivity index (χ1n) is 11.2. The lowest BCUT2D eigenvalue weighted by molar-refractivity contribution is -0.115. The van der Waals surface area contributed by atoms with Crippen LogP contribution in [-0.2, 0) is 4.79 Å². The molecule has 1 amide bonds. The van der Waals surface area contributed by atoms with Crippen molar-refractivity contribution in [3.05, 3.63) is 89.6 Å². The second-order valence-corrected chi connectivity index (χ2v) is 8.05. The zero-order valence-electron chi connectivity index (χ0n) is 18.6. The number of amides is 1. The number of piperazine rings is 1. The lowest BCUT2D eigenvalue weighted by Crippen LogP contribution is -2.48. The van der Waals surface area contributed by atoms with E-state index >= 15 is 0 Å². The summed E-state index contributed by atoms with van der Waals surface area (Å²) in [7, 11) is 0. The van der Waals surface area contributed by atoms with Gasteiger partial charge in [-0.05, 0) is 17.2 Å². The van der Waals surface area contributed by atoms with Gasteiger partial charge in [-0.15, -0.1) is 0 Å². The van der Waals surface area contributed by atoms with Gasteiger partial charge in [0.1, 0.15) is 11.4 Å². The Morgan fingerprint density at radius 3 is 2.06 bits per heavy atom. The minimum absolute atomic E-state index is 0.0972. The van der Waals surface area contributed by atoms with Crippen LogP contribution in [0.5, 0.6) is 0 Å². The number of carboxylic acids is 1. The van der Waals surface area contributed by atoms with Gasteiger partial charge in [-0.3, -0.25) is 9.69 Å². The number of benzene rings is 2. The van der Waals surface area contributed by atoms with Crippen molar-refractivity contribution in [1.82, 2.24) is 9.88 Å². The molecule has 0 unspecified atom stereocenters. The number of hydrogen-bond acceptors (Lipinski definition) is 5. The zero-order valence-corrected chi connectivity index (χ0v) is 18.6. The van der Waals surface area contributed by atoms with Gasteiger partial charge < -0.3 is 15.3 Å². The number of anilines is 2. The molecule has 2 heterocycles. The van der Waals surface area contributed by atoms with E-state index in [0.29, 0.717) is 31.0 Å². The number of aromatic nitrogens is 1. The second-order valence-electron chi connectivity index (χ2n) is 8.05. The first-order valence-corrected chi connectivity index (χ1v) is 11.2. The van der Waals surface area contributed by atoms with Crippen molar-refractivity contribution in [3.63, 3.8) is 0 Å². The molecule has 1 fully saturated rings. The Bertz CT molecular complexity index is 1060. The Balaban J connectivity index is 1.54. The van der Waals surface area contributed by atoms with Crippen LogP contribution >= 0.6 is 0 Å². The summed E-state index contributed by atoms with van der Waals surface area (Å²) in [5.41, 5.74) is 2.96. The van der Waals surface area contributed by atoms with Crippen molar-refractivity contribution in [2.24, 2.45) is 0 Å². The summed E-state index contributed by atoms with van der Waals surface area (Å²) < 4.78 is 0. The van der Waals surface area contributed by atoms with Crippen LogP contribution in [-0.4, -0.2) is 53.0 Å². The molecule has 0 atom stereocenters. The van der Waals surface area contributed by atoms with Gasteiger partial charge in [-0.25, -0.2) is 9.78 Å². The van der Waals surface area contributed by atoms with E-state index in [2.05, 4.69) is 63.7 Å². The molecule has 0 saturated carbocycles. The highest BCUT2D eigenvalue weighted by Gasteiger charge is 2.28. The summed E-state index contributed by atoms with van der Waals surface area (Å²) in [6.07, 6.45) is 1.84. The SMILES string of the molecule is CCC(=O)Nc1cnc(N2CCN(C(c3ccccc3)c3ccccc3)CC2)c(C(=O)O)c1. The number of pyridine rings is 1. The number of carboxylic acid groups (broad SMARTS) is 1. The van der Waals surface area contributed by atoms with Crippen LogP contribution in [0.2, 0.25) is 0 Å². The molecule has 1 aromatic heterocycles. The van der Waals surface area contributed by atoms with Crippen molar-refractivity contribution < 1.29 is 14.7 Å². The molecule has 0 radical (unpaired) electrons. The Hall–Kier alpha value is -3.71. The maximum Gasteiger partial charge on any atom is 0.339 e. The van der Waals surface area contributed by atoms with Crippen molar-refractivity contribution >= 4 is 23.4 Å². The van der Waals surface area contributed by atoms with E-state index in [-0.39, 0.29) is 17.5 Å². The van der Waals surface area contributed by atoms with Gasteiger partial charge in [0.2, 0.25) is 5.91 Å². The number of hydrogen-bond donors (Lipinski definition) is 2. The fraction of sp³-hybridized carbons (Fsp3) is 0.269. The van der Waals surface area contributed by atoms with Crippen molar-refractivity contribution in [2.75, 3.05) is 36.4 Å². The van der Waals surface area contributed by atoms with Crippen LogP contribution in [0.25, 0.3) is 0 Å². The number of aromatic carboxylic acids is 1. The molecule has 2 N–H and O–H groups in total. The van der Waals surface area contributed by atoms with Gasteiger partial charge in [0.15, 0.2) is 0 Å². The van der Waals surface area contributed by atoms with E-state index in [1.165, 1.54) is 23.4 Å². The lowest BCUT2D eigenvalue weighted by atomic mass is 9.96. The molecule has 33 heavy (non-hydrogen) atoms. The van der Waals surface area contributed by atoms with E-state index in [9.17, 15) is 14.7 Å². The third-order valence-corrected chi connectivity index (χ3v) is 5.91. The summed E-state index contributed by atoms with van der Waals surface area (Å²) in [6.45, 7) is 4.59. The standard InChI is InChI=1S/C26H28N4O3/c1-2-23(31)28-21-17-22(26(32)33)25(27-18-21)30-15-13-29(14-16-30)24(19-9-5-3-6-10-19)20-11-7-4-8-12-20/h3-12,17-18,24H,2,13-16H2,1H3,(H,28,31)(H,32,33). The molecule has 1 aliphatic rings. The van der Waals surface area contributed by atoms with Crippen molar-refractivity contribution in [2.45, 2.75) is 19.4 Å². The Morgan fingerprint density at radius 2 is 1.55 bits per heavy atom. The van der Waals surface area contributed by atoms with Gasteiger partial charge in [-0.1, -0.05) is 67.6 Å². The highest BCUT2D eigenvalue weighted by atomic mass is 16.4. The van der Waals surface area contributed by atoms with Crippen LogP contribution in [0, 0.1) is 0 Å². The Morgan fingerprint density at radius 1 is 0.970 bits per heavy atom. The average molecular weight is 445 g/mol. The van der Waals surface area contributed by atoms with Crippen LogP contribution < -0.4 is 10.2 Å². The molecular formula is C26H28N4O3. The summed E-state index contributed by atoms with van der Waals surface area (Å²) in [4.78, 5) is 32.5. The highest BCUT2D eigenvalue weighted by molar-refractivity contribution is 5.96. The summed E-state index contributed by atoms with van der Waals surface area (Å²) in [6, 6.07) is 22.5. The van der Waals surface area contributed by atoms with E-state index < -0.39 is 5.97 Å². The Kier molecular flexibility index (Phi) is 7.00. The van der Waals surface area contributed by atoms with Crippen LogP contribution in [0.15, 0.2) is 72.9 Å². The lowest BCUT2D eigenvalue weighted by Gasteiger charge is -2.40. The predicted octanol–water partition coefficient (Wildman–Crippen LogP) is 4.04. The van der Waals surface area contributed by atoms with E-state index in [1.54, 1.807) is 6.92 Å². The number of rotatable bonds is 7. The summed E-state index contributed by atoms with van der Waals surface area (Å²) in [5, 5.41) is 12.4. The molecule has 0 bridgehead atoms. The molecule has 7 heteroatoms. The van der Waals surface area contributed by atoms with Crippen LogP contribution in [0.4, 0.5) is 11.5 Å². The molecule has 1 aliphatic heterocycles. The van der Waals surface area contributed by atoms with Crippen LogP contribution in [0.3, 0.4) is 0 Å². The second kappa shape index (κ2) is 10.3. The number of nitrogens with one attached hydrogen (secondary N) is 1. The number of carbonyl (C=O) groups is 2. The van der Waals surface area contributed by atoms with Crippen molar-refractivity contribution in [1.29, 1.82) is 0 Å². The molecule has 0 aliphatic carbocycles. The molecule has 170 valence electrons. The summed E-state index contributed by atoms with van der Waals surface area (Å²) in [5.74, 6) is -0.797. The van der Waals surface area contributed by atoms with E-state index in [4.69, 9.17) is 0 Å². The van der Waals surface area contributed by atoms with Gasteiger partial charge in [0, 0.05) is 32.6 Å². The minimum atomic E-state index is -1.06. The van der Waals surface area contributed by atoms with Gasteiger partial charge in [0.25, 0.3) is 0 Å². The quantitative estimate of drug-likeness (QED) is 0.572. The van der Waals surface area contributed by atoms with Gasteiger partial charge >= 0.3 is 5.97 Å². The summed E-state index contributed by atoms with van der Waals surface area (Å²) >= 11 is 0. The molecule has 3 aromatic rings. The largest absolute Gasteiger partial charge is 0.478 e. The normalized spacial score (nSPS) is 14.3. The number of nitrogens with zero attached hydrogens (tertiary/aromatic N) is 3. The Labute approximate surface area is 193 Å². The fourth-order valence-corrected chi connectivity index (χ4v) is 4.26. The monoisotopic (exact) mass is 444 g/mol. The van der Waals surface area contributed by atoms with Gasteiger partial charge in [-0.2, -0.15) is 0 Å². The molecule has 7 nitrogen and oxygen atoms in total. The average Bonchev–Trinajstić information content (AvgIpc) is 2.86. The predicted molar refractivity (Wildman–Crippen MR) is 129 cm³/mol. The van der Waals surface area contributed by atoms with Crippen molar-refractivity contribution in [3.8, 4) is 0 Å². The molecule has 0 spiro atoms. The maximum atomic E-state index is 11.9. The third kappa shape index (κ3) is 5.21. The molecule has 4 rings (SSSR count). The third-order valence-electron chi connectivity index (χ3n) is 5.91. The molecule has 2 aromatic carbocycles. The smallest absolute Gasteiger partial charge is 0.339 e. The highest BCUT2D eigenvalue weighted by Crippen LogP contribution is 2.31.